The van der Waals surface area contributed by atoms with Crippen molar-refractivity contribution >= 4 is 5.88 Å². The van der Waals surface area contributed by atoms with Crippen LogP contribution in [-0.2, 0) is 9.47 Å². The van der Waals surface area contributed by atoms with Crippen LogP contribution >= 0.6 is 0 Å². The minimum atomic E-state index is -1.17. The van der Waals surface area contributed by atoms with Crippen LogP contribution < -0.4 is 10.8 Å². The van der Waals surface area contributed by atoms with Crippen LogP contribution in [0.4, 0.5) is 0 Å². The fourth-order valence-corrected chi connectivity index (χ4v) is 2.63. The molecule has 1 fully saturated rings. The zero-order valence-electron chi connectivity index (χ0n) is 11.7. The van der Waals surface area contributed by atoms with E-state index in [2.05, 4.69) is 9.98 Å². The largest absolute Gasteiger partial charge is 0.481 e. The lowest BCUT2D eigenvalue weighted by atomic mass is 10.1. The van der Waals surface area contributed by atoms with Gasteiger partial charge in [-0.2, -0.15) is 0 Å². The molecule has 0 spiro atoms. The predicted octanol–water partition coefficient (Wildman–Crippen LogP) is -3.27. The number of fused-ring (bicyclic) bond motifs is 1. The number of hydrogen-bond acceptors (Lipinski definition) is 8. The average molecular weight is 298 g/mol. The van der Waals surface area contributed by atoms with E-state index in [4.69, 9.17) is 14.6 Å². The Labute approximate surface area is 120 Å². The Bertz CT molecular complexity index is 645. The lowest BCUT2D eigenvalue weighted by molar-refractivity contribution is -0.0546. The van der Waals surface area contributed by atoms with E-state index in [9.17, 15) is 10.2 Å². The SMILES string of the molecule is COC1=c2ncn([C@@H]3O[C@H](CO)[C@@H](O)[C@H]3O)c2=NCN1C. The molecule has 116 valence electrons. The molecule has 9 heteroatoms. The maximum absolute atomic E-state index is 10.1. The van der Waals surface area contributed by atoms with Crippen molar-refractivity contribution in [3.8, 4) is 0 Å². The fraction of sp³-hybridized carbons (Fsp3) is 0.667. The molecule has 1 aromatic rings. The summed E-state index contributed by atoms with van der Waals surface area (Å²) in [6.07, 6.45) is -2.53. The van der Waals surface area contributed by atoms with E-state index in [-0.39, 0.29) is 6.61 Å². The number of aliphatic hydroxyl groups excluding tert-OH is 3. The summed E-state index contributed by atoms with van der Waals surface area (Å²) in [4.78, 5) is 10.4. The summed E-state index contributed by atoms with van der Waals surface area (Å²) < 4.78 is 12.3. The molecule has 9 nitrogen and oxygen atoms in total. The van der Waals surface area contributed by atoms with E-state index in [1.165, 1.54) is 6.33 Å². The van der Waals surface area contributed by atoms with E-state index >= 15 is 0 Å². The van der Waals surface area contributed by atoms with Gasteiger partial charge in [0.05, 0.1) is 20.0 Å². The van der Waals surface area contributed by atoms with E-state index in [1.807, 2.05) is 7.05 Å². The third-order valence-electron chi connectivity index (χ3n) is 3.73. The molecule has 3 N–H and O–H groups in total. The molecule has 2 aliphatic rings. The van der Waals surface area contributed by atoms with Crippen LogP contribution in [0.25, 0.3) is 5.88 Å². The van der Waals surface area contributed by atoms with Gasteiger partial charge >= 0.3 is 0 Å². The van der Waals surface area contributed by atoms with Crippen molar-refractivity contribution < 1.29 is 24.8 Å². The lowest BCUT2D eigenvalue weighted by Gasteiger charge is -2.21. The molecule has 0 radical (unpaired) electrons. The summed E-state index contributed by atoms with van der Waals surface area (Å²) in [5.74, 6) is 0.575. The maximum Gasteiger partial charge on any atom is 0.220 e. The highest BCUT2D eigenvalue weighted by molar-refractivity contribution is 5.31. The minimum absolute atomic E-state index is 0.374. The second-order valence-corrected chi connectivity index (χ2v) is 5.06. The quantitative estimate of drug-likeness (QED) is 0.536. The first-order chi connectivity index (χ1) is 10.1. The second kappa shape index (κ2) is 5.26. The van der Waals surface area contributed by atoms with Gasteiger partial charge in [-0.05, 0) is 0 Å². The smallest absolute Gasteiger partial charge is 0.220 e. The summed E-state index contributed by atoms with van der Waals surface area (Å²) in [5, 5.41) is 29.6. The van der Waals surface area contributed by atoms with Crippen molar-refractivity contribution in [3.63, 3.8) is 0 Å². The van der Waals surface area contributed by atoms with Crippen molar-refractivity contribution in [2.75, 3.05) is 27.4 Å². The molecule has 0 saturated carbocycles. The van der Waals surface area contributed by atoms with Crippen molar-refractivity contribution in [2.45, 2.75) is 24.5 Å². The molecule has 21 heavy (non-hydrogen) atoms. The Hall–Kier alpha value is -1.68. The first-order valence-electron chi connectivity index (χ1n) is 6.57. The van der Waals surface area contributed by atoms with Gasteiger partial charge < -0.3 is 29.7 Å². The normalized spacial score (nSPS) is 32.0. The van der Waals surface area contributed by atoms with Crippen LogP contribution in [0.15, 0.2) is 11.3 Å². The van der Waals surface area contributed by atoms with Crippen LogP contribution in [0.3, 0.4) is 0 Å². The monoisotopic (exact) mass is 298 g/mol. The number of nitrogens with zero attached hydrogens (tertiary/aromatic N) is 4. The highest BCUT2D eigenvalue weighted by Gasteiger charge is 2.43. The van der Waals surface area contributed by atoms with Crippen molar-refractivity contribution in [2.24, 2.45) is 4.99 Å². The van der Waals surface area contributed by atoms with Gasteiger partial charge in [-0.15, -0.1) is 0 Å². The fourth-order valence-electron chi connectivity index (χ4n) is 2.63. The zero-order valence-corrected chi connectivity index (χ0v) is 11.7. The van der Waals surface area contributed by atoms with Gasteiger partial charge in [0.15, 0.2) is 17.1 Å². The molecule has 0 aliphatic carbocycles. The Morgan fingerprint density at radius 2 is 2.19 bits per heavy atom. The summed E-state index contributed by atoms with van der Waals surface area (Å²) in [6, 6.07) is 0. The molecule has 0 unspecified atom stereocenters. The van der Waals surface area contributed by atoms with Crippen LogP contribution in [0.5, 0.6) is 0 Å². The number of rotatable bonds is 3. The Kier molecular flexibility index (Phi) is 3.57. The summed E-state index contributed by atoms with van der Waals surface area (Å²) >= 11 is 0. The molecule has 0 amide bonds. The molecule has 3 rings (SSSR count). The topological polar surface area (TPSA) is 113 Å². The third-order valence-corrected chi connectivity index (χ3v) is 3.73. The first-order valence-corrected chi connectivity index (χ1v) is 6.57. The number of ether oxygens (including phenoxy) is 2. The van der Waals surface area contributed by atoms with Gasteiger partial charge in [-0.3, -0.25) is 4.57 Å². The van der Waals surface area contributed by atoms with Gasteiger partial charge in [0.25, 0.3) is 0 Å². The van der Waals surface area contributed by atoms with Gasteiger partial charge in [0.2, 0.25) is 5.88 Å². The Balaban J connectivity index is 2.06. The molecular weight excluding hydrogens is 280 g/mol. The van der Waals surface area contributed by atoms with Crippen LogP contribution in [0.2, 0.25) is 0 Å². The van der Waals surface area contributed by atoms with Gasteiger partial charge in [-0.25, -0.2) is 9.98 Å². The van der Waals surface area contributed by atoms with Crippen molar-refractivity contribution in [3.05, 3.63) is 17.2 Å². The van der Waals surface area contributed by atoms with Gasteiger partial charge in [-0.1, -0.05) is 0 Å². The maximum atomic E-state index is 10.1. The minimum Gasteiger partial charge on any atom is -0.481 e. The Morgan fingerprint density at radius 3 is 2.81 bits per heavy atom. The summed E-state index contributed by atoms with van der Waals surface area (Å²) in [7, 11) is 3.38. The van der Waals surface area contributed by atoms with Gasteiger partial charge in [0.1, 0.15) is 25.0 Å². The standard InChI is InChI=1S/C12H18N4O5/c1-15-4-14-10-7(11(15)20-2)13-5-16(10)12-9(19)8(18)6(3-17)21-12/h5-6,8-9,12,17-19H,3-4H2,1-2H3/t6-,8-,9-,12-/m1/s1. The zero-order chi connectivity index (χ0) is 15.1. The molecule has 0 bridgehead atoms. The van der Waals surface area contributed by atoms with E-state index < -0.39 is 24.5 Å². The molecule has 4 atom stereocenters. The van der Waals surface area contributed by atoms with E-state index in [0.717, 1.165) is 0 Å². The van der Waals surface area contributed by atoms with Crippen molar-refractivity contribution in [1.29, 1.82) is 0 Å². The highest BCUT2D eigenvalue weighted by atomic mass is 16.6. The summed E-state index contributed by atoms with van der Waals surface area (Å²) in [5.41, 5.74) is 0.514. The molecule has 2 aliphatic heterocycles. The number of aromatic nitrogens is 2. The van der Waals surface area contributed by atoms with E-state index in [1.54, 1.807) is 16.6 Å². The summed E-state index contributed by atoms with van der Waals surface area (Å²) in [6.45, 7) is 0.0115. The number of imidazole rings is 1. The molecule has 1 saturated heterocycles. The van der Waals surface area contributed by atoms with Gasteiger partial charge in [0, 0.05) is 7.05 Å². The molecule has 3 heterocycles. The average Bonchev–Trinajstić information content (AvgIpc) is 3.02. The number of methoxy groups -OCH3 is 1. The number of hydrogen-bond donors (Lipinski definition) is 3. The third kappa shape index (κ3) is 2.09. The molecule has 1 aromatic heterocycles. The van der Waals surface area contributed by atoms with Crippen LogP contribution in [0, 0.1) is 0 Å². The lowest BCUT2D eigenvalue weighted by Crippen LogP contribution is -2.44. The molecule has 0 aromatic carbocycles. The van der Waals surface area contributed by atoms with Crippen LogP contribution in [0.1, 0.15) is 6.23 Å². The second-order valence-electron chi connectivity index (χ2n) is 5.06. The predicted molar refractivity (Wildman–Crippen MR) is 69.1 cm³/mol. The molecular formula is C12H18N4O5. The van der Waals surface area contributed by atoms with Crippen molar-refractivity contribution in [1.82, 2.24) is 14.5 Å². The first kappa shape index (κ1) is 14.3. The Morgan fingerprint density at radius 1 is 1.43 bits per heavy atom. The van der Waals surface area contributed by atoms with E-state index in [0.29, 0.717) is 23.4 Å². The number of aliphatic hydroxyl groups is 3. The van der Waals surface area contributed by atoms with Crippen LogP contribution in [-0.4, -0.2) is 75.5 Å². The highest BCUT2D eigenvalue weighted by Crippen LogP contribution is 2.27.